The van der Waals surface area contributed by atoms with Gasteiger partial charge in [-0.2, -0.15) is 5.10 Å². The lowest BCUT2D eigenvalue weighted by Crippen LogP contribution is -1.99. The number of nitrogens with one attached hydrogen (secondary N) is 1. The number of benzene rings is 3. The van der Waals surface area contributed by atoms with E-state index in [2.05, 4.69) is 20.4 Å². The Hall–Kier alpha value is -4.19. The number of fused-ring (bicyclic) bond motifs is 1. The third-order valence-corrected chi connectivity index (χ3v) is 4.73. The second-order valence-corrected chi connectivity index (χ2v) is 6.78. The standard InChI is InChI=1S/C24H19N5O/c1-3-7-18(8-4-1)16-30-21-13-11-19(12-14-21)28-23-22-15-27-29(24(22)26-17-25-23)20-9-5-2-6-10-20/h1-15,17H,16H2,(H,25,26,28). The Morgan fingerprint density at radius 2 is 1.53 bits per heavy atom. The second-order valence-electron chi connectivity index (χ2n) is 6.78. The molecule has 6 nitrogen and oxygen atoms in total. The average Bonchev–Trinajstić information content (AvgIpc) is 3.25. The number of nitrogens with zero attached hydrogens (tertiary/aromatic N) is 4. The van der Waals surface area contributed by atoms with Crippen LogP contribution in [0.3, 0.4) is 0 Å². The highest BCUT2D eigenvalue weighted by Crippen LogP contribution is 2.25. The minimum atomic E-state index is 0.540. The van der Waals surface area contributed by atoms with Gasteiger partial charge in [0.1, 0.15) is 24.5 Å². The van der Waals surface area contributed by atoms with Crippen molar-refractivity contribution >= 4 is 22.5 Å². The molecular formula is C24H19N5O. The number of hydrogen-bond donors (Lipinski definition) is 1. The largest absolute Gasteiger partial charge is 0.489 e. The minimum Gasteiger partial charge on any atom is -0.489 e. The van der Waals surface area contributed by atoms with Crippen molar-refractivity contribution in [1.82, 2.24) is 19.7 Å². The normalized spacial score (nSPS) is 10.8. The first-order valence-electron chi connectivity index (χ1n) is 9.65. The van der Waals surface area contributed by atoms with Gasteiger partial charge in [0.05, 0.1) is 17.3 Å². The quantitative estimate of drug-likeness (QED) is 0.433. The molecule has 5 rings (SSSR count). The summed E-state index contributed by atoms with van der Waals surface area (Å²) in [6.45, 7) is 0.540. The Morgan fingerprint density at radius 1 is 0.800 bits per heavy atom. The third kappa shape index (κ3) is 3.71. The molecule has 0 saturated carbocycles. The number of anilines is 2. The van der Waals surface area contributed by atoms with Crippen molar-refractivity contribution in [1.29, 1.82) is 0 Å². The summed E-state index contributed by atoms with van der Waals surface area (Å²) in [5.74, 6) is 1.52. The minimum absolute atomic E-state index is 0.540. The number of aromatic nitrogens is 4. The smallest absolute Gasteiger partial charge is 0.168 e. The fourth-order valence-corrected chi connectivity index (χ4v) is 3.21. The number of para-hydroxylation sites is 1. The van der Waals surface area contributed by atoms with Gasteiger partial charge in [0.15, 0.2) is 5.65 Å². The van der Waals surface area contributed by atoms with Crippen molar-refractivity contribution in [2.24, 2.45) is 0 Å². The monoisotopic (exact) mass is 393 g/mol. The number of hydrogen-bond acceptors (Lipinski definition) is 5. The van der Waals surface area contributed by atoms with E-state index in [1.54, 1.807) is 12.5 Å². The van der Waals surface area contributed by atoms with Gasteiger partial charge in [0.25, 0.3) is 0 Å². The van der Waals surface area contributed by atoms with E-state index >= 15 is 0 Å². The van der Waals surface area contributed by atoms with Crippen molar-refractivity contribution in [2.45, 2.75) is 6.61 Å². The zero-order valence-corrected chi connectivity index (χ0v) is 16.1. The van der Waals surface area contributed by atoms with Crippen LogP contribution < -0.4 is 10.1 Å². The van der Waals surface area contributed by atoms with Crippen LogP contribution in [0.25, 0.3) is 16.7 Å². The molecule has 0 spiro atoms. The third-order valence-electron chi connectivity index (χ3n) is 4.73. The molecular weight excluding hydrogens is 374 g/mol. The van der Waals surface area contributed by atoms with Gasteiger partial charge >= 0.3 is 0 Å². The molecule has 5 aromatic rings. The van der Waals surface area contributed by atoms with Crippen LogP contribution in [0.1, 0.15) is 5.56 Å². The summed E-state index contributed by atoms with van der Waals surface area (Å²) in [5, 5.41) is 8.69. The van der Waals surface area contributed by atoms with E-state index in [1.807, 2.05) is 89.6 Å². The lowest BCUT2D eigenvalue weighted by Gasteiger charge is -2.09. The molecule has 0 fully saturated rings. The predicted molar refractivity (Wildman–Crippen MR) is 117 cm³/mol. The highest BCUT2D eigenvalue weighted by Gasteiger charge is 2.11. The highest BCUT2D eigenvalue weighted by atomic mass is 16.5. The van der Waals surface area contributed by atoms with E-state index in [9.17, 15) is 0 Å². The SMILES string of the molecule is c1ccc(COc2ccc(Nc3ncnc4c3cnn4-c3ccccc3)cc2)cc1. The van der Waals surface area contributed by atoms with Crippen LogP contribution >= 0.6 is 0 Å². The van der Waals surface area contributed by atoms with Gasteiger partial charge in [-0.3, -0.25) is 0 Å². The van der Waals surface area contributed by atoms with Crippen LogP contribution in [0, 0.1) is 0 Å². The zero-order chi connectivity index (χ0) is 20.2. The van der Waals surface area contributed by atoms with E-state index in [1.165, 1.54) is 0 Å². The topological polar surface area (TPSA) is 64.9 Å². The van der Waals surface area contributed by atoms with E-state index < -0.39 is 0 Å². The van der Waals surface area contributed by atoms with Gasteiger partial charge < -0.3 is 10.1 Å². The summed E-state index contributed by atoms with van der Waals surface area (Å²) in [6.07, 6.45) is 3.32. The molecule has 0 aliphatic heterocycles. The molecule has 6 heteroatoms. The maximum Gasteiger partial charge on any atom is 0.168 e. The van der Waals surface area contributed by atoms with Crippen molar-refractivity contribution in [3.05, 3.63) is 103 Å². The Morgan fingerprint density at radius 3 is 2.30 bits per heavy atom. The van der Waals surface area contributed by atoms with E-state index in [0.29, 0.717) is 12.4 Å². The molecule has 30 heavy (non-hydrogen) atoms. The average molecular weight is 393 g/mol. The molecule has 0 aliphatic rings. The van der Waals surface area contributed by atoms with Crippen molar-refractivity contribution in [3.8, 4) is 11.4 Å². The van der Waals surface area contributed by atoms with Gasteiger partial charge in [-0.1, -0.05) is 48.5 Å². The molecule has 3 aromatic carbocycles. The molecule has 0 radical (unpaired) electrons. The fourth-order valence-electron chi connectivity index (χ4n) is 3.21. The summed E-state index contributed by atoms with van der Waals surface area (Å²) in [5.41, 5.74) is 3.76. The van der Waals surface area contributed by atoms with E-state index in [-0.39, 0.29) is 0 Å². The molecule has 0 saturated heterocycles. The first-order valence-corrected chi connectivity index (χ1v) is 9.65. The molecule has 2 aromatic heterocycles. The zero-order valence-electron chi connectivity index (χ0n) is 16.1. The summed E-state index contributed by atoms with van der Waals surface area (Å²) in [4.78, 5) is 8.82. The van der Waals surface area contributed by atoms with Crippen LogP contribution in [0.2, 0.25) is 0 Å². The Balaban J connectivity index is 1.34. The Kier molecular flexibility index (Phi) is 4.79. The Bertz CT molecular complexity index is 1250. The molecule has 1 N–H and O–H groups in total. The second kappa shape index (κ2) is 8.05. The molecule has 0 aliphatic carbocycles. The lowest BCUT2D eigenvalue weighted by molar-refractivity contribution is 0.306. The van der Waals surface area contributed by atoms with Crippen LogP contribution in [-0.4, -0.2) is 19.7 Å². The van der Waals surface area contributed by atoms with Crippen molar-refractivity contribution in [3.63, 3.8) is 0 Å². The van der Waals surface area contributed by atoms with Crippen molar-refractivity contribution < 1.29 is 4.74 Å². The van der Waals surface area contributed by atoms with Crippen LogP contribution in [0.4, 0.5) is 11.5 Å². The highest BCUT2D eigenvalue weighted by molar-refractivity contribution is 5.89. The first kappa shape index (κ1) is 17.9. The van der Waals surface area contributed by atoms with Gasteiger partial charge in [0.2, 0.25) is 0 Å². The number of ether oxygens (including phenoxy) is 1. The predicted octanol–water partition coefficient (Wildman–Crippen LogP) is 5.14. The molecule has 0 atom stereocenters. The van der Waals surface area contributed by atoms with Gasteiger partial charge in [-0.05, 0) is 42.0 Å². The first-order chi connectivity index (χ1) is 14.9. The Labute approximate surface area is 173 Å². The lowest BCUT2D eigenvalue weighted by atomic mass is 10.2. The summed E-state index contributed by atoms with van der Waals surface area (Å²) >= 11 is 0. The molecule has 0 bridgehead atoms. The maximum absolute atomic E-state index is 5.85. The molecule has 146 valence electrons. The van der Waals surface area contributed by atoms with Crippen LogP contribution in [-0.2, 0) is 6.61 Å². The van der Waals surface area contributed by atoms with Gasteiger partial charge in [-0.25, -0.2) is 14.6 Å². The van der Waals surface area contributed by atoms with Crippen molar-refractivity contribution in [2.75, 3.05) is 5.32 Å². The summed E-state index contributed by atoms with van der Waals surface area (Å²) in [7, 11) is 0. The van der Waals surface area contributed by atoms with Gasteiger partial charge in [-0.15, -0.1) is 0 Å². The maximum atomic E-state index is 5.85. The molecule has 2 heterocycles. The van der Waals surface area contributed by atoms with E-state index in [0.717, 1.165) is 33.7 Å². The van der Waals surface area contributed by atoms with E-state index in [4.69, 9.17) is 4.74 Å². The molecule has 0 unspecified atom stereocenters. The van der Waals surface area contributed by atoms with Crippen LogP contribution in [0.5, 0.6) is 5.75 Å². The summed E-state index contributed by atoms with van der Waals surface area (Å²) in [6, 6.07) is 27.8. The fraction of sp³-hybridized carbons (Fsp3) is 0.0417. The number of rotatable bonds is 6. The van der Waals surface area contributed by atoms with Gasteiger partial charge in [0, 0.05) is 5.69 Å². The molecule has 0 amide bonds. The van der Waals surface area contributed by atoms with Crippen LogP contribution in [0.15, 0.2) is 97.5 Å². The summed E-state index contributed by atoms with van der Waals surface area (Å²) < 4.78 is 7.66.